The van der Waals surface area contributed by atoms with Crippen molar-refractivity contribution >= 4 is 11.6 Å². The zero-order valence-electron chi connectivity index (χ0n) is 9.71. The van der Waals surface area contributed by atoms with Crippen molar-refractivity contribution in [1.82, 2.24) is 0 Å². The van der Waals surface area contributed by atoms with Gasteiger partial charge in [-0.25, -0.2) is 4.39 Å². The number of hydrogen-bond acceptors (Lipinski definition) is 1. The molecule has 1 fully saturated rings. The molecule has 0 unspecified atom stereocenters. The maximum Gasteiger partial charge on any atom is 0.230 e. The second kappa shape index (κ2) is 4.26. The summed E-state index contributed by atoms with van der Waals surface area (Å²) in [5, 5.41) is 0. The molecule has 0 aliphatic carbocycles. The first-order valence-electron chi connectivity index (χ1n) is 5.88. The highest BCUT2D eigenvalue weighted by molar-refractivity contribution is 6.01. The fourth-order valence-electron chi connectivity index (χ4n) is 2.28. The van der Waals surface area contributed by atoms with Gasteiger partial charge in [0.15, 0.2) is 0 Å². The molecule has 0 saturated carbocycles. The molecule has 1 atom stereocenters. The average Bonchev–Trinajstić information content (AvgIpc) is 2.39. The van der Waals surface area contributed by atoms with Crippen LogP contribution in [0.15, 0.2) is 54.6 Å². The van der Waals surface area contributed by atoms with Crippen molar-refractivity contribution < 1.29 is 9.18 Å². The van der Waals surface area contributed by atoms with Crippen molar-refractivity contribution in [3.8, 4) is 0 Å². The Hall–Kier alpha value is -2.16. The third kappa shape index (κ3) is 1.78. The van der Waals surface area contributed by atoms with E-state index in [9.17, 15) is 9.18 Å². The number of benzene rings is 2. The van der Waals surface area contributed by atoms with Gasteiger partial charge in [0.2, 0.25) is 5.91 Å². The summed E-state index contributed by atoms with van der Waals surface area (Å²) < 4.78 is 12.9. The third-order valence-corrected chi connectivity index (χ3v) is 3.24. The predicted octanol–water partition coefficient (Wildman–Crippen LogP) is 3.30. The van der Waals surface area contributed by atoms with Crippen LogP contribution in [0.25, 0.3) is 0 Å². The van der Waals surface area contributed by atoms with Crippen LogP contribution in [0.4, 0.5) is 10.1 Å². The van der Waals surface area contributed by atoms with Crippen LogP contribution in [-0.2, 0) is 4.79 Å². The Bertz CT molecular complexity index is 565. The number of anilines is 1. The van der Waals surface area contributed by atoms with E-state index in [1.54, 1.807) is 17.0 Å². The van der Waals surface area contributed by atoms with Crippen LogP contribution >= 0.6 is 0 Å². The molecule has 1 saturated heterocycles. The van der Waals surface area contributed by atoms with E-state index < -0.39 is 0 Å². The SMILES string of the molecule is O=C1C[C@@H](c2ccccc2)N1c1ccc(F)cc1. The molecule has 1 heterocycles. The zero-order valence-corrected chi connectivity index (χ0v) is 9.71. The number of rotatable bonds is 2. The first kappa shape index (κ1) is 11.0. The minimum Gasteiger partial charge on any atom is -0.304 e. The van der Waals surface area contributed by atoms with E-state index in [1.807, 2.05) is 30.3 Å². The van der Waals surface area contributed by atoms with E-state index in [1.165, 1.54) is 12.1 Å². The van der Waals surface area contributed by atoms with E-state index in [-0.39, 0.29) is 17.8 Å². The first-order chi connectivity index (χ1) is 8.75. The van der Waals surface area contributed by atoms with Crippen LogP contribution in [0.3, 0.4) is 0 Å². The highest BCUT2D eigenvalue weighted by Crippen LogP contribution is 2.38. The van der Waals surface area contributed by atoms with E-state index in [0.29, 0.717) is 6.42 Å². The molecule has 1 amide bonds. The van der Waals surface area contributed by atoms with Gasteiger partial charge < -0.3 is 4.90 Å². The molecule has 0 radical (unpaired) electrons. The number of carbonyl (C=O) groups is 1. The monoisotopic (exact) mass is 241 g/mol. The van der Waals surface area contributed by atoms with Gasteiger partial charge in [0, 0.05) is 5.69 Å². The Morgan fingerprint density at radius 3 is 2.28 bits per heavy atom. The predicted molar refractivity (Wildman–Crippen MR) is 67.7 cm³/mol. The molecule has 90 valence electrons. The minimum absolute atomic E-state index is 0.0733. The molecular weight excluding hydrogens is 229 g/mol. The quantitative estimate of drug-likeness (QED) is 0.739. The summed E-state index contributed by atoms with van der Waals surface area (Å²) in [6.07, 6.45) is 0.515. The van der Waals surface area contributed by atoms with Crippen molar-refractivity contribution in [3.63, 3.8) is 0 Å². The van der Waals surface area contributed by atoms with Crippen molar-refractivity contribution in [2.45, 2.75) is 12.5 Å². The van der Waals surface area contributed by atoms with Gasteiger partial charge in [-0.3, -0.25) is 4.79 Å². The molecule has 18 heavy (non-hydrogen) atoms. The van der Waals surface area contributed by atoms with Crippen LogP contribution in [0.5, 0.6) is 0 Å². The zero-order chi connectivity index (χ0) is 12.5. The second-order valence-electron chi connectivity index (χ2n) is 4.37. The highest BCUT2D eigenvalue weighted by atomic mass is 19.1. The molecule has 2 nitrogen and oxygen atoms in total. The molecule has 0 N–H and O–H groups in total. The number of amides is 1. The average molecular weight is 241 g/mol. The van der Waals surface area contributed by atoms with Gasteiger partial charge >= 0.3 is 0 Å². The fourth-order valence-corrected chi connectivity index (χ4v) is 2.28. The number of carbonyl (C=O) groups excluding carboxylic acids is 1. The summed E-state index contributed by atoms with van der Waals surface area (Å²) in [5.41, 5.74) is 1.86. The number of β-lactam (4-membered cyclic amide) rings is 1. The summed E-state index contributed by atoms with van der Waals surface area (Å²) in [6, 6.07) is 16.0. The Morgan fingerprint density at radius 2 is 1.67 bits per heavy atom. The molecule has 3 rings (SSSR count). The van der Waals surface area contributed by atoms with Crippen LogP contribution in [-0.4, -0.2) is 5.91 Å². The lowest BCUT2D eigenvalue weighted by Gasteiger charge is -2.40. The van der Waals surface area contributed by atoms with Gasteiger partial charge in [-0.15, -0.1) is 0 Å². The van der Waals surface area contributed by atoms with E-state index in [0.717, 1.165) is 11.3 Å². The lowest BCUT2D eigenvalue weighted by Crippen LogP contribution is -2.46. The van der Waals surface area contributed by atoms with Gasteiger partial charge in [-0.1, -0.05) is 30.3 Å². The summed E-state index contributed by atoms with van der Waals surface area (Å²) in [7, 11) is 0. The minimum atomic E-state index is -0.289. The number of halogens is 1. The topological polar surface area (TPSA) is 20.3 Å². The molecule has 2 aromatic carbocycles. The van der Waals surface area contributed by atoms with Crippen molar-refractivity contribution in [2.24, 2.45) is 0 Å². The molecule has 1 aliphatic heterocycles. The van der Waals surface area contributed by atoms with Crippen molar-refractivity contribution in [3.05, 3.63) is 66.0 Å². The second-order valence-corrected chi connectivity index (χ2v) is 4.37. The summed E-state index contributed by atoms with van der Waals surface area (Å²) in [6.45, 7) is 0. The van der Waals surface area contributed by atoms with E-state index >= 15 is 0 Å². The summed E-state index contributed by atoms with van der Waals surface area (Å²) >= 11 is 0. The molecule has 0 aromatic heterocycles. The lowest BCUT2D eigenvalue weighted by atomic mass is 9.93. The van der Waals surface area contributed by atoms with Gasteiger partial charge in [0.1, 0.15) is 5.82 Å². The molecule has 2 aromatic rings. The van der Waals surface area contributed by atoms with Crippen molar-refractivity contribution in [2.75, 3.05) is 4.90 Å². The maximum atomic E-state index is 12.9. The van der Waals surface area contributed by atoms with Gasteiger partial charge in [0.25, 0.3) is 0 Å². The van der Waals surface area contributed by atoms with Crippen LogP contribution in [0, 0.1) is 5.82 Å². The molecule has 1 aliphatic rings. The normalized spacial score (nSPS) is 18.6. The lowest BCUT2D eigenvalue weighted by molar-refractivity contribution is -0.124. The van der Waals surface area contributed by atoms with Crippen LogP contribution in [0.1, 0.15) is 18.0 Å². The van der Waals surface area contributed by atoms with Crippen LogP contribution in [0.2, 0.25) is 0 Å². The molecular formula is C15H12FNO. The van der Waals surface area contributed by atoms with Gasteiger partial charge in [-0.05, 0) is 29.8 Å². The molecule has 3 heteroatoms. The van der Waals surface area contributed by atoms with E-state index in [4.69, 9.17) is 0 Å². The Balaban J connectivity index is 1.91. The maximum absolute atomic E-state index is 12.9. The van der Waals surface area contributed by atoms with E-state index in [2.05, 4.69) is 0 Å². The third-order valence-electron chi connectivity index (χ3n) is 3.24. The summed E-state index contributed by atoms with van der Waals surface area (Å²) in [5.74, 6) is -0.210. The molecule has 0 spiro atoms. The number of hydrogen-bond donors (Lipinski definition) is 0. The highest BCUT2D eigenvalue weighted by Gasteiger charge is 2.37. The standard InChI is InChI=1S/C15H12FNO/c16-12-6-8-13(9-7-12)17-14(10-15(17)18)11-4-2-1-3-5-11/h1-9,14H,10H2/t14-/m0/s1. The Morgan fingerprint density at radius 1 is 1.00 bits per heavy atom. The summed E-state index contributed by atoms with van der Waals surface area (Å²) in [4.78, 5) is 13.4. The Kier molecular flexibility index (Phi) is 2.59. The fraction of sp³-hybridized carbons (Fsp3) is 0.133. The van der Waals surface area contributed by atoms with Crippen LogP contribution < -0.4 is 4.90 Å². The van der Waals surface area contributed by atoms with Gasteiger partial charge in [-0.2, -0.15) is 0 Å². The largest absolute Gasteiger partial charge is 0.304 e. The number of nitrogens with zero attached hydrogens (tertiary/aromatic N) is 1. The molecule has 0 bridgehead atoms. The Labute approximate surface area is 105 Å². The smallest absolute Gasteiger partial charge is 0.230 e. The van der Waals surface area contributed by atoms with Crippen molar-refractivity contribution in [1.29, 1.82) is 0 Å². The first-order valence-corrected chi connectivity index (χ1v) is 5.88. The van der Waals surface area contributed by atoms with Gasteiger partial charge in [0.05, 0.1) is 12.5 Å².